The van der Waals surface area contributed by atoms with Gasteiger partial charge in [-0.2, -0.15) is 0 Å². The molecule has 0 aliphatic rings. The van der Waals surface area contributed by atoms with Crippen LogP contribution in [-0.4, -0.2) is 4.98 Å². The van der Waals surface area contributed by atoms with E-state index in [2.05, 4.69) is 20.9 Å². The average molecular weight is 232 g/mol. The van der Waals surface area contributed by atoms with Crippen molar-refractivity contribution in [2.24, 2.45) is 0 Å². The first-order valence-corrected chi connectivity index (χ1v) is 4.63. The van der Waals surface area contributed by atoms with E-state index in [0.717, 1.165) is 5.56 Å². The Morgan fingerprint density at radius 2 is 2.08 bits per heavy atom. The minimum absolute atomic E-state index is 0.249. The van der Waals surface area contributed by atoms with Crippen LogP contribution in [0.4, 0.5) is 4.39 Å². The fourth-order valence-corrected chi connectivity index (χ4v) is 1.81. The topological polar surface area (TPSA) is 12.9 Å². The summed E-state index contributed by atoms with van der Waals surface area (Å²) in [5, 5.41) is 0. The molecule has 66 valence electrons. The molecule has 0 N–H and O–H groups in total. The van der Waals surface area contributed by atoms with E-state index >= 15 is 0 Å². The van der Waals surface area contributed by atoms with Gasteiger partial charge in [-0.3, -0.25) is 4.98 Å². The molecule has 1 heterocycles. The van der Waals surface area contributed by atoms with Crippen LogP contribution in [0.25, 0.3) is 0 Å². The summed E-state index contributed by atoms with van der Waals surface area (Å²) in [4.78, 5) is 3.96. The van der Waals surface area contributed by atoms with Gasteiger partial charge in [-0.05, 0) is 34.3 Å². The minimum Gasteiger partial charge on any atom is -0.258 e. The predicted molar refractivity (Wildman–Crippen MR) is 50.7 cm³/mol. The average Bonchev–Trinajstić information content (AvgIpc) is 2.00. The molecule has 0 spiro atoms. The Balaban J connectivity index is 3.27. The number of halogens is 2. The van der Waals surface area contributed by atoms with E-state index < -0.39 is 0 Å². The second-order valence-corrected chi connectivity index (χ2v) is 3.87. The molecule has 0 fully saturated rings. The van der Waals surface area contributed by atoms with Gasteiger partial charge in [0.05, 0.1) is 10.2 Å². The molecule has 1 nitrogen and oxygen atoms in total. The van der Waals surface area contributed by atoms with Crippen LogP contribution in [0.3, 0.4) is 0 Å². The Morgan fingerprint density at radius 1 is 1.50 bits per heavy atom. The van der Waals surface area contributed by atoms with Crippen molar-refractivity contribution in [2.75, 3.05) is 0 Å². The van der Waals surface area contributed by atoms with Crippen molar-refractivity contribution in [1.29, 1.82) is 0 Å². The van der Waals surface area contributed by atoms with E-state index in [9.17, 15) is 4.39 Å². The highest BCUT2D eigenvalue weighted by molar-refractivity contribution is 9.10. The number of aryl methyl sites for hydroxylation is 1. The molecule has 1 aromatic rings. The second kappa shape index (κ2) is 3.52. The Hall–Kier alpha value is -0.440. The quantitative estimate of drug-likeness (QED) is 0.722. The van der Waals surface area contributed by atoms with Crippen LogP contribution in [-0.2, 0) is 0 Å². The van der Waals surface area contributed by atoms with Crippen molar-refractivity contribution in [3.63, 3.8) is 0 Å². The smallest absolute Gasteiger partial charge is 0.158 e. The molecule has 0 amide bonds. The Bertz CT molecular complexity index is 297. The zero-order valence-electron chi connectivity index (χ0n) is 7.36. The first-order valence-electron chi connectivity index (χ1n) is 3.84. The van der Waals surface area contributed by atoms with Crippen molar-refractivity contribution in [1.82, 2.24) is 4.98 Å². The van der Waals surface area contributed by atoms with E-state index in [1.807, 2.05) is 13.8 Å². The summed E-state index contributed by atoms with van der Waals surface area (Å²) in [5.41, 5.74) is 1.35. The van der Waals surface area contributed by atoms with Gasteiger partial charge in [0, 0.05) is 6.20 Å². The molecule has 0 aliphatic heterocycles. The zero-order valence-corrected chi connectivity index (χ0v) is 8.94. The highest BCUT2D eigenvalue weighted by atomic mass is 79.9. The molecule has 1 aromatic heterocycles. The first-order chi connectivity index (χ1) is 5.54. The van der Waals surface area contributed by atoms with Crippen LogP contribution in [0.5, 0.6) is 0 Å². The lowest BCUT2D eigenvalue weighted by atomic mass is 10.1. The Kier molecular flexibility index (Phi) is 2.83. The minimum atomic E-state index is -0.249. The summed E-state index contributed by atoms with van der Waals surface area (Å²) < 4.78 is 13.8. The van der Waals surface area contributed by atoms with Crippen molar-refractivity contribution in [3.05, 3.63) is 27.7 Å². The van der Waals surface area contributed by atoms with Gasteiger partial charge in [-0.1, -0.05) is 13.8 Å². The van der Waals surface area contributed by atoms with Crippen LogP contribution < -0.4 is 0 Å². The molecule has 0 saturated heterocycles. The maximum absolute atomic E-state index is 13.2. The van der Waals surface area contributed by atoms with Crippen LogP contribution in [0.1, 0.15) is 31.0 Å². The summed E-state index contributed by atoms with van der Waals surface area (Å²) in [7, 11) is 0. The molecule has 0 atom stereocenters. The van der Waals surface area contributed by atoms with E-state index in [4.69, 9.17) is 0 Å². The first kappa shape index (κ1) is 9.65. The van der Waals surface area contributed by atoms with Crippen molar-refractivity contribution in [2.45, 2.75) is 26.7 Å². The summed E-state index contributed by atoms with van der Waals surface area (Å²) in [6, 6.07) is 0. The third-order valence-corrected chi connectivity index (χ3v) is 2.59. The number of hydrogen-bond donors (Lipinski definition) is 0. The predicted octanol–water partition coefficient (Wildman–Crippen LogP) is 3.42. The van der Waals surface area contributed by atoms with Gasteiger partial charge in [-0.25, -0.2) is 4.39 Å². The second-order valence-electron chi connectivity index (χ2n) is 3.08. The number of aromatic nitrogens is 1. The molecule has 0 unspecified atom stereocenters. The molecular formula is C9H11BrFN. The number of hydrogen-bond acceptors (Lipinski definition) is 1. The third-order valence-electron chi connectivity index (χ3n) is 1.78. The maximum atomic E-state index is 13.2. The number of nitrogens with zero attached hydrogens (tertiary/aromatic N) is 1. The summed E-state index contributed by atoms with van der Waals surface area (Å²) in [6.45, 7) is 5.68. The number of rotatable bonds is 1. The van der Waals surface area contributed by atoms with Crippen LogP contribution in [0.2, 0.25) is 0 Å². The highest BCUT2D eigenvalue weighted by Crippen LogP contribution is 2.27. The van der Waals surface area contributed by atoms with E-state index in [1.54, 1.807) is 13.1 Å². The molecular weight excluding hydrogens is 221 g/mol. The fraction of sp³-hybridized carbons (Fsp3) is 0.444. The van der Waals surface area contributed by atoms with Crippen LogP contribution in [0, 0.1) is 12.7 Å². The monoisotopic (exact) mass is 231 g/mol. The summed E-state index contributed by atoms with van der Waals surface area (Å²) >= 11 is 3.22. The molecule has 0 aliphatic carbocycles. The van der Waals surface area contributed by atoms with Gasteiger partial charge < -0.3 is 0 Å². The fourth-order valence-electron chi connectivity index (χ4n) is 0.968. The SMILES string of the molecule is Cc1ncc(C(C)C)c(Br)c1F. The van der Waals surface area contributed by atoms with E-state index in [-0.39, 0.29) is 5.82 Å². The molecule has 3 heteroatoms. The van der Waals surface area contributed by atoms with E-state index in [0.29, 0.717) is 16.1 Å². The molecule has 0 bridgehead atoms. The van der Waals surface area contributed by atoms with Gasteiger partial charge in [-0.15, -0.1) is 0 Å². The molecule has 0 saturated carbocycles. The molecule has 0 radical (unpaired) electrons. The van der Waals surface area contributed by atoms with Gasteiger partial charge >= 0.3 is 0 Å². The van der Waals surface area contributed by atoms with Gasteiger partial charge in [0.15, 0.2) is 5.82 Å². The Labute approximate surface area is 80.1 Å². The number of pyridine rings is 1. The maximum Gasteiger partial charge on any atom is 0.158 e. The van der Waals surface area contributed by atoms with Crippen LogP contribution >= 0.6 is 15.9 Å². The van der Waals surface area contributed by atoms with Crippen molar-refractivity contribution >= 4 is 15.9 Å². The largest absolute Gasteiger partial charge is 0.258 e. The Morgan fingerprint density at radius 3 is 2.58 bits per heavy atom. The molecule has 0 aromatic carbocycles. The summed E-state index contributed by atoms with van der Waals surface area (Å²) in [5.74, 6) is 0.0446. The van der Waals surface area contributed by atoms with Crippen molar-refractivity contribution in [3.8, 4) is 0 Å². The molecule has 1 rings (SSSR count). The lowest BCUT2D eigenvalue weighted by Gasteiger charge is -2.08. The van der Waals surface area contributed by atoms with Gasteiger partial charge in [0.25, 0.3) is 0 Å². The van der Waals surface area contributed by atoms with Crippen molar-refractivity contribution < 1.29 is 4.39 Å². The van der Waals surface area contributed by atoms with Gasteiger partial charge in [0.2, 0.25) is 0 Å². The van der Waals surface area contributed by atoms with Crippen LogP contribution in [0.15, 0.2) is 10.7 Å². The zero-order chi connectivity index (χ0) is 9.30. The van der Waals surface area contributed by atoms with Gasteiger partial charge in [0.1, 0.15) is 0 Å². The third kappa shape index (κ3) is 1.66. The standard InChI is InChI=1S/C9H11BrFN/c1-5(2)7-4-12-6(3)9(11)8(7)10/h4-5H,1-3H3. The molecule has 12 heavy (non-hydrogen) atoms. The normalized spacial score (nSPS) is 10.8. The van der Waals surface area contributed by atoms with E-state index in [1.165, 1.54) is 0 Å². The lowest BCUT2D eigenvalue weighted by Crippen LogP contribution is -1.97. The highest BCUT2D eigenvalue weighted by Gasteiger charge is 2.11. The summed E-state index contributed by atoms with van der Waals surface area (Å²) in [6.07, 6.45) is 1.72. The lowest BCUT2D eigenvalue weighted by molar-refractivity contribution is 0.596.